The number of hydrogen-bond donors (Lipinski definition) is 0. The first-order valence-electron chi connectivity index (χ1n) is 12.6. The molecule has 2 rings (SSSR count). The molecule has 174 valence electrons. The van der Waals surface area contributed by atoms with Crippen molar-refractivity contribution in [3.63, 3.8) is 0 Å². The molecule has 0 bridgehead atoms. The average molecular weight is 429 g/mol. The average Bonchev–Trinajstić information content (AvgIpc) is 2.81. The lowest BCUT2D eigenvalue weighted by Crippen LogP contribution is -2.43. The van der Waals surface area contributed by atoms with E-state index in [1.807, 2.05) is 23.1 Å². The first-order valence-corrected chi connectivity index (χ1v) is 12.6. The number of rotatable bonds is 16. The van der Waals surface area contributed by atoms with Crippen LogP contribution in [0.4, 0.5) is 0 Å². The molecule has 31 heavy (non-hydrogen) atoms. The van der Waals surface area contributed by atoms with Crippen LogP contribution in [0.2, 0.25) is 0 Å². The largest absolute Gasteiger partial charge is 0.379 e. The van der Waals surface area contributed by atoms with Gasteiger partial charge in [-0.05, 0) is 12.0 Å². The Balaban J connectivity index is 1.70. The third-order valence-corrected chi connectivity index (χ3v) is 6.07. The van der Waals surface area contributed by atoms with Crippen LogP contribution in [0.3, 0.4) is 0 Å². The van der Waals surface area contributed by atoms with Crippen molar-refractivity contribution < 1.29 is 9.53 Å². The summed E-state index contributed by atoms with van der Waals surface area (Å²) in [5, 5.41) is 0. The van der Waals surface area contributed by atoms with E-state index in [-0.39, 0.29) is 0 Å². The molecule has 1 amide bonds. The summed E-state index contributed by atoms with van der Waals surface area (Å²) in [7, 11) is 0. The van der Waals surface area contributed by atoms with Gasteiger partial charge in [-0.15, -0.1) is 0 Å². The summed E-state index contributed by atoms with van der Waals surface area (Å²) < 4.78 is 5.45. The van der Waals surface area contributed by atoms with E-state index < -0.39 is 0 Å². The second-order valence-corrected chi connectivity index (χ2v) is 8.69. The smallest absolute Gasteiger partial charge is 0.222 e. The second-order valence-electron chi connectivity index (χ2n) is 8.69. The molecule has 0 aliphatic carbocycles. The molecule has 1 fully saturated rings. The van der Waals surface area contributed by atoms with Crippen LogP contribution in [0.5, 0.6) is 0 Å². The standard InChI is InChI=1S/C27H44N2O2/c1-2-3-4-5-6-7-8-9-13-18-27(30)29(21-20-28-22-24-31-25-23-28)19-14-17-26-15-11-10-12-16-26/h10-12,14-17H,2-9,13,18-25H2,1H3/b17-14+. The minimum Gasteiger partial charge on any atom is -0.379 e. The first kappa shape index (κ1) is 25.6. The lowest BCUT2D eigenvalue weighted by atomic mass is 10.1. The van der Waals surface area contributed by atoms with Crippen molar-refractivity contribution in [2.24, 2.45) is 0 Å². The van der Waals surface area contributed by atoms with Gasteiger partial charge in [-0.3, -0.25) is 9.69 Å². The molecule has 1 aromatic carbocycles. The van der Waals surface area contributed by atoms with Gasteiger partial charge in [-0.25, -0.2) is 0 Å². The number of carbonyl (C=O) groups excluding carboxylic acids is 1. The maximum atomic E-state index is 12.9. The quantitative estimate of drug-likeness (QED) is 0.313. The third-order valence-electron chi connectivity index (χ3n) is 6.07. The van der Waals surface area contributed by atoms with Crippen LogP contribution in [0.1, 0.15) is 76.7 Å². The van der Waals surface area contributed by atoms with Gasteiger partial charge in [0.2, 0.25) is 5.91 Å². The van der Waals surface area contributed by atoms with Crippen molar-refractivity contribution in [1.29, 1.82) is 0 Å². The fraction of sp³-hybridized carbons (Fsp3) is 0.667. The minimum atomic E-state index is 0.300. The van der Waals surface area contributed by atoms with Crippen molar-refractivity contribution in [1.82, 2.24) is 9.80 Å². The van der Waals surface area contributed by atoms with Crippen molar-refractivity contribution >= 4 is 12.0 Å². The molecule has 1 heterocycles. The molecule has 1 aliphatic heterocycles. The molecule has 1 saturated heterocycles. The van der Waals surface area contributed by atoms with Gasteiger partial charge in [-0.2, -0.15) is 0 Å². The van der Waals surface area contributed by atoms with E-state index in [0.717, 1.165) is 45.8 Å². The Bertz CT molecular complexity index is 597. The number of ether oxygens (including phenoxy) is 1. The summed E-state index contributed by atoms with van der Waals surface area (Å²) in [6, 6.07) is 10.3. The van der Waals surface area contributed by atoms with Crippen LogP contribution in [-0.4, -0.2) is 61.6 Å². The number of nitrogens with zero attached hydrogens (tertiary/aromatic N) is 2. The van der Waals surface area contributed by atoms with Crippen molar-refractivity contribution in [2.45, 2.75) is 71.1 Å². The maximum Gasteiger partial charge on any atom is 0.222 e. The SMILES string of the molecule is CCCCCCCCCCCC(=O)N(C/C=C/c1ccccc1)CCN1CCOCC1. The van der Waals surface area contributed by atoms with E-state index in [1.165, 1.54) is 56.9 Å². The molecule has 0 N–H and O–H groups in total. The van der Waals surface area contributed by atoms with Crippen molar-refractivity contribution in [3.8, 4) is 0 Å². The summed E-state index contributed by atoms with van der Waals surface area (Å²) in [4.78, 5) is 17.4. The zero-order chi connectivity index (χ0) is 22.0. The van der Waals surface area contributed by atoms with Crippen LogP contribution in [-0.2, 0) is 9.53 Å². The van der Waals surface area contributed by atoms with Gasteiger partial charge in [0.25, 0.3) is 0 Å². The third kappa shape index (κ3) is 12.1. The zero-order valence-corrected chi connectivity index (χ0v) is 19.8. The lowest BCUT2D eigenvalue weighted by Gasteiger charge is -2.29. The van der Waals surface area contributed by atoms with Crippen LogP contribution in [0.25, 0.3) is 6.08 Å². The lowest BCUT2D eigenvalue weighted by molar-refractivity contribution is -0.131. The van der Waals surface area contributed by atoms with E-state index >= 15 is 0 Å². The molecule has 0 aromatic heterocycles. The predicted molar refractivity (Wildman–Crippen MR) is 131 cm³/mol. The number of amides is 1. The van der Waals surface area contributed by atoms with Gasteiger partial charge in [0.05, 0.1) is 13.2 Å². The van der Waals surface area contributed by atoms with Gasteiger partial charge in [0.1, 0.15) is 0 Å². The molecule has 0 radical (unpaired) electrons. The Morgan fingerprint density at radius 1 is 0.968 bits per heavy atom. The van der Waals surface area contributed by atoms with Crippen molar-refractivity contribution in [3.05, 3.63) is 42.0 Å². The van der Waals surface area contributed by atoms with Crippen LogP contribution < -0.4 is 0 Å². The highest BCUT2D eigenvalue weighted by Crippen LogP contribution is 2.12. The van der Waals surface area contributed by atoms with E-state index in [4.69, 9.17) is 4.74 Å². The number of unbranched alkanes of at least 4 members (excludes halogenated alkanes) is 8. The highest BCUT2D eigenvalue weighted by molar-refractivity contribution is 5.76. The summed E-state index contributed by atoms with van der Waals surface area (Å²) in [6.45, 7) is 8.25. The van der Waals surface area contributed by atoms with Gasteiger partial charge < -0.3 is 9.64 Å². The Morgan fingerprint density at radius 2 is 1.61 bits per heavy atom. The molecule has 0 saturated carbocycles. The second kappa shape index (κ2) is 17.0. The van der Waals surface area contributed by atoms with Crippen molar-refractivity contribution in [2.75, 3.05) is 45.9 Å². The van der Waals surface area contributed by atoms with Crippen LogP contribution in [0, 0.1) is 0 Å². The topological polar surface area (TPSA) is 32.8 Å². The number of morpholine rings is 1. The maximum absolute atomic E-state index is 12.9. The van der Waals surface area contributed by atoms with Crippen LogP contribution in [0.15, 0.2) is 36.4 Å². The number of hydrogen-bond acceptors (Lipinski definition) is 3. The molecular weight excluding hydrogens is 384 g/mol. The molecular formula is C27H44N2O2. The summed E-state index contributed by atoms with van der Waals surface area (Å²) >= 11 is 0. The van der Waals surface area contributed by atoms with E-state index in [9.17, 15) is 4.79 Å². The summed E-state index contributed by atoms with van der Waals surface area (Å²) in [6.07, 6.45) is 16.5. The molecule has 0 atom stereocenters. The van der Waals surface area contributed by atoms with Gasteiger partial charge in [0.15, 0.2) is 0 Å². The monoisotopic (exact) mass is 428 g/mol. The predicted octanol–water partition coefficient (Wildman–Crippen LogP) is 5.78. The molecule has 0 unspecified atom stereocenters. The van der Waals surface area contributed by atoms with E-state index in [0.29, 0.717) is 18.9 Å². The van der Waals surface area contributed by atoms with E-state index in [2.05, 4.69) is 36.1 Å². The Labute approximate surface area is 190 Å². The molecule has 4 nitrogen and oxygen atoms in total. The van der Waals surface area contributed by atoms with E-state index in [1.54, 1.807) is 0 Å². The minimum absolute atomic E-state index is 0.300. The molecule has 1 aliphatic rings. The number of benzene rings is 1. The molecule has 1 aromatic rings. The zero-order valence-electron chi connectivity index (χ0n) is 19.8. The highest BCUT2D eigenvalue weighted by atomic mass is 16.5. The van der Waals surface area contributed by atoms with Gasteiger partial charge in [-0.1, -0.05) is 101 Å². The van der Waals surface area contributed by atoms with Gasteiger partial charge >= 0.3 is 0 Å². The Hall–Kier alpha value is -1.65. The highest BCUT2D eigenvalue weighted by Gasteiger charge is 2.15. The molecule has 0 spiro atoms. The van der Waals surface area contributed by atoms with Gasteiger partial charge in [0, 0.05) is 39.1 Å². The normalized spacial score (nSPS) is 14.9. The molecule has 4 heteroatoms. The fourth-order valence-electron chi connectivity index (χ4n) is 4.03. The number of carbonyl (C=O) groups is 1. The Kier molecular flexibility index (Phi) is 14.0. The first-order chi connectivity index (χ1) is 15.3. The fourth-order valence-corrected chi connectivity index (χ4v) is 4.03. The summed E-state index contributed by atoms with van der Waals surface area (Å²) in [5.41, 5.74) is 1.18. The Morgan fingerprint density at radius 3 is 2.29 bits per heavy atom. The summed E-state index contributed by atoms with van der Waals surface area (Å²) in [5.74, 6) is 0.300. The van der Waals surface area contributed by atoms with Crippen LogP contribution >= 0.6 is 0 Å².